The lowest BCUT2D eigenvalue weighted by Crippen LogP contribution is -2.07. The molecule has 96 valence electrons. The molecular weight excluding hydrogens is 288 g/mol. The summed E-state index contributed by atoms with van der Waals surface area (Å²) in [6, 6.07) is 7.26. The molecule has 0 aliphatic heterocycles. The highest BCUT2D eigenvalue weighted by molar-refractivity contribution is 7.19. The molecule has 2 heterocycles. The fourth-order valence-electron chi connectivity index (χ4n) is 1.54. The van der Waals surface area contributed by atoms with Gasteiger partial charge >= 0.3 is 5.97 Å². The number of halogens is 1. The molecule has 6 nitrogen and oxygen atoms in total. The Balaban J connectivity index is 2.09. The summed E-state index contributed by atoms with van der Waals surface area (Å²) in [4.78, 5) is 12.0. The molecule has 0 saturated carbocycles. The van der Waals surface area contributed by atoms with Crippen molar-refractivity contribution in [2.75, 3.05) is 7.11 Å². The molecule has 0 N–H and O–H groups in total. The van der Waals surface area contributed by atoms with Gasteiger partial charge in [0.15, 0.2) is 0 Å². The number of ether oxygens (including phenoxy) is 1. The van der Waals surface area contributed by atoms with Gasteiger partial charge < -0.3 is 4.74 Å². The number of benzene rings is 1. The molecule has 0 bridgehead atoms. The van der Waals surface area contributed by atoms with E-state index in [1.165, 1.54) is 23.0 Å². The molecule has 0 saturated heterocycles. The van der Waals surface area contributed by atoms with E-state index in [-0.39, 0.29) is 5.82 Å². The molecule has 3 aromatic rings. The zero-order valence-electron chi connectivity index (χ0n) is 9.70. The van der Waals surface area contributed by atoms with Crippen molar-refractivity contribution in [3.63, 3.8) is 0 Å². The van der Waals surface area contributed by atoms with Gasteiger partial charge in [0.2, 0.25) is 4.96 Å². The number of hydrogen-bond acceptors (Lipinski definition) is 6. The molecule has 1 aromatic carbocycles. The van der Waals surface area contributed by atoms with E-state index in [4.69, 9.17) is 11.6 Å². The minimum atomic E-state index is -0.569. The summed E-state index contributed by atoms with van der Waals surface area (Å²) < 4.78 is 5.99. The average molecular weight is 295 g/mol. The standard InChI is InChI=1S/C11H7ClN4O2S/c1-18-10(17)8-13-14-11-16(8)15-9(19-11)6-2-4-7(12)5-3-6/h2-5H,1H3. The van der Waals surface area contributed by atoms with Gasteiger partial charge in [0.25, 0.3) is 5.82 Å². The molecule has 19 heavy (non-hydrogen) atoms. The van der Waals surface area contributed by atoms with E-state index >= 15 is 0 Å². The van der Waals surface area contributed by atoms with E-state index in [1.54, 1.807) is 12.1 Å². The lowest BCUT2D eigenvalue weighted by molar-refractivity contribution is 0.0584. The Morgan fingerprint density at radius 1 is 1.32 bits per heavy atom. The predicted molar refractivity (Wildman–Crippen MR) is 70.4 cm³/mol. The normalized spacial score (nSPS) is 10.8. The van der Waals surface area contributed by atoms with E-state index in [2.05, 4.69) is 20.0 Å². The van der Waals surface area contributed by atoms with Gasteiger partial charge in [0.1, 0.15) is 5.01 Å². The van der Waals surface area contributed by atoms with Gasteiger partial charge in [-0.2, -0.15) is 9.61 Å². The topological polar surface area (TPSA) is 69.4 Å². The van der Waals surface area contributed by atoms with Crippen LogP contribution in [0.15, 0.2) is 24.3 Å². The molecule has 0 radical (unpaired) electrons. The average Bonchev–Trinajstić information content (AvgIpc) is 2.98. The summed E-state index contributed by atoms with van der Waals surface area (Å²) in [5.74, 6) is -0.505. The van der Waals surface area contributed by atoms with Crippen molar-refractivity contribution >= 4 is 33.9 Å². The van der Waals surface area contributed by atoms with Crippen molar-refractivity contribution in [2.45, 2.75) is 0 Å². The van der Waals surface area contributed by atoms with Crippen molar-refractivity contribution in [2.24, 2.45) is 0 Å². The highest BCUT2D eigenvalue weighted by Gasteiger charge is 2.18. The van der Waals surface area contributed by atoms with Crippen LogP contribution >= 0.6 is 22.9 Å². The largest absolute Gasteiger partial charge is 0.463 e. The minimum Gasteiger partial charge on any atom is -0.463 e. The maximum absolute atomic E-state index is 11.5. The van der Waals surface area contributed by atoms with Crippen LogP contribution in [-0.2, 0) is 4.74 Å². The number of hydrogen-bond donors (Lipinski definition) is 0. The second-order valence-corrected chi connectivity index (χ2v) is 5.02. The molecule has 0 amide bonds. The molecule has 2 aromatic heterocycles. The van der Waals surface area contributed by atoms with Gasteiger partial charge in [-0.1, -0.05) is 35.1 Å². The number of aromatic nitrogens is 4. The lowest BCUT2D eigenvalue weighted by atomic mass is 10.2. The Labute approximate surface area is 116 Å². The summed E-state index contributed by atoms with van der Waals surface area (Å²) in [7, 11) is 1.29. The minimum absolute atomic E-state index is 0.0639. The van der Waals surface area contributed by atoms with Gasteiger partial charge in [0, 0.05) is 10.6 Å². The maximum Gasteiger partial charge on any atom is 0.378 e. The Hall–Kier alpha value is -1.99. The first-order valence-electron chi connectivity index (χ1n) is 5.25. The summed E-state index contributed by atoms with van der Waals surface area (Å²) >= 11 is 7.17. The molecule has 0 aliphatic carbocycles. The van der Waals surface area contributed by atoms with E-state index < -0.39 is 5.97 Å². The van der Waals surface area contributed by atoms with Crippen LogP contribution in [0.5, 0.6) is 0 Å². The van der Waals surface area contributed by atoms with Gasteiger partial charge in [-0.3, -0.25) is 0 Å². The first-order valence-corrected chi connectivity index (χ1v) is 6.45. The van der Waals surface area contributed by atoms with Crippen LogP contribution in [0.2, 0.25) is 5.02 Å². The number of esters is 1. The van der Waals surface area contributed by atoms with Crippen LogP contribution in [-0.4, -0.2) is 32.9 Å². The number of carbonyl (C=O) groups excluding carboxylic acids is 1. The van der Waals surface area contributed by atoms with Crippen LogP contribution in [0.25, 0.3) is 15.5 Å². The summed E-state index contributed by atoms with van der Waals surface area (Å²) in [5, 5.41) is 13.3. The fraction of sp³-hybridized carbons (Fsp3) is 0.0909. The number of rotatable bonds is 2. The molecule has 0 fully saturated rings. The summed E-state index contributed by atoms with van der Waals surface area (Å²) in [6.07, 6.45) is 0. The number of methoxy groups -OCH3 is 1. The SMILES string of the molecule is COC(=O)c1nnc2sc(-c3ccc(Cl)cc3)nn12. The van der Waals surface area contributed by atoms with E-state index in [9.17, 15) is 4.79 Å². The second kappa shape index (κ2) is 4.60. The fourth-order valence-corrected chi connectivity index (χ4v) is 2.52. The maximum atomic E-state index is 11.5. The summed E-state index contributed by atoms with van der Waals surface area (Å²) in [6.45, 7) is 0. The zero-order valence-corrected chi connectivity index (χ0v) is 11.3. The van der Waals surface area contributed by atoms with Crippen LogP contribution < -0.4 is 0 Å². The van der Waals surface area contributed by atoms with Gasteiger partial charge in [-0.25, -0.2) is 4.79 Å². The number of carbonyl (C=O) groups is 1. The van der Waals surface area contributed by atoms with Crippen molar-refractivity contribution in [1.29, 1.82) is 0 Å². The second-order valence-electron chi connectivity index (χ2n) is 3.62. The van der Waals surface area contributed by atoms with Crippen LogP contribution in [0, 0.1) is 0 Å². The molecule has 8 heteroatoms. The molecule has 0 atom stereocenters. The van der Waals surface area contributed by atoms with E-state index in [0.29, 0.717) is 9.98 Å². The van der Waals surface area contributed by atoms with Crippen molar-refractivity contribution in [3.05, 3.63) is 35.1 Å². The van der Waals surface area contributed by atoms with Gasteiger partial charge in [-0.15, -0.1) is 10.2 Å². The molecule has 3 rings (SSSR count). The Morgan fingerprint density at radius 3 is 2.74 bits per heavy atom. The summed E-state index contributed by atoms with van der Waals surface area (Å²) in [5.41, 5.74) is 0.899. The number of nitrogens with zero attached hydrogens (tertiary/aromatic N) is 4. The smallest absolute Gasteiger partial charge is 0.378 e. The molecular formula is C11H7ClN4O2S. The van der Waals surface area contributed by atoms with Crippen molar-refractivity contribution in [3.8, 4) is 10.6 Å². The van der Waals surface area contributed by atoms with Crippen molar-refractivity contribution in [1.82, 2.24) is 19.8 Å². The quantitative estimate of drug-likeness (QED) is 0.678. The third-order valence-corrected chi connectivity index (χ3v) is 3.65. The monoisotopic (exact) mass is 294 g/mol. The zero-order chi connectivity index (χ0) is 13.4. The molecule has 0 aliphatic rings. The highest BCUT2D eigenvalue weighted by Crippen LogP contribution is 2.26. The van der Waals surface area contributed by atoms with Crippen LogP contribution in [0.1, 0.15) is 10.6 Å². The van der Waals surface area contributed by atoms with Gasteiger partial charge in [-0.05, 0) is 12.1 Å². The first kappa shape index (κ1) is 12.1. The Kier molecular flexibility index (Phi) is 2.92. The van der Waals surface area contributed by atoms with Crippen LogP contribution in [0.3, 0.4) is 0 Å². The van der Waals surface area contributed by atoms with E-state index in [1.807, 2.05) is 12.1 Å². The molecule has 0 unspecified atom stereocenters. The van der Waals surface area contributed by atoms with E-state index in [0.717, 1.165) is 10.6 Å². The number of fused-ring (bicyclic) bond motifs is 1. The Morgan fingerprint density at radius 2 is 2.05 bits per heavy atom. The van der Waals surface area contributed by atoms with Crippen LogP contribution in [0.4, 0.5) is 0 Å². The first-order chi connectivity index (χ1) is 9.19. The van der Waals surface area contributed by atoms with Crippen molar-refractivity contribution < 1.29 is 9.53 Å². The molecule has 0 spiro atoms. The highest BCUT2D eigenvalue weighted by atomic mass is 35.5. The predicted octanol–water partition coefficient (Wildman–Crippen LogP) is 2.29. The lowest BCUT2D eigenvalue weighted by Gasteiger charge is -1.95. The third-order valence-electron chi connectivity index (χ3n) is 2.45. The third kappa shape index (κ3) is 2.06. The van der Waals surface area contributed by atoms with Gasteiger partial charge in [0.05, 0.1) is 7.11 Å². The Bertz CT molecular complexity index is 750.